The zero-order valence-electron chi connectivity index (χ0n) is 16.4. The molecule has 27 heavy (non-hydrogen) atoms. The summed E-state index contributed by atoms with van der Waals surface area (Å²) >= 11 is 0. The number of Topliss-reactive ketones (excluding diaryl/α,β-unsaturated/α-hetero) is 1. The van der Waals surface area contributed by atoms with Crippen molar-refractivity contribution in [2.24, 2.45) is 5.92 Å². The molecule has 1 saturated heterocycles. The zero-order chi connectivity index (χ0) is 19.2. The fourth-order valence-electron chi connectivity index (χ4n) is 3.59. The molecule has 2 aromatic rings. The topological polar surface area (TPSA) is 51.9 Å². The lowest BCUT2D eigenvalue weighted by atomic mass is 9.90. The molecule has 0 aliphatic carbocycles. The third kappa shape index (κ3) is 5.44. The van der Waals surface area contributed by atoms with Gasteiger partial charge in [0.25, 0.3) is 0 Å². The van der Waals surface area contributed by atoms with Crippen LogP contribution >= 0.6 is 0 Å². The standard InChI is InChI=1S/C22H29NO4/c1-16(2)26-19-8-4-6-17(12-19)22(24)18-7-5-11-23(13-18)14-20-9-10-21(27-20)15-25-3/h4,6,8-10,12,16,18H,5,7,11,13-15H2,1-3H3. The first-order valence-electron chi connectivity index (χ1n) is 9.65. The first kappa shape index (κ1) is 19.6. The van der Waals surface area contributed by atoms with Crippen molar-refractivity contribution in [1.82, 2.24) is 4.90 Å². The van der Waals surface area contributed by atoms with E-state index in [4.69, 9.17) is 13.9 Å². The number of carbonyl (C=O) groups excluding carboxylic acids is 1. The number of rotatable bonds is 8. The molecule has 1 unspecified atom stereocenters. The molecule has 1 aliphatic heterocycles. The molecule has 146 valence electrons. The molecule has 1 atom stereocenters. The SMILES string of the molecule is COCc1ccc(CN2CCCC(C(=O)c3cccc(OC(C)C)c3)C2)o1. The smallest absolute Gasteiger partial charge is 0.167 e. The molecule has 5 nitrogen and oxygen atoms in total. The molecule has 2 heterocycles. The Morgan fingerprint density at radius 2 is 2.07 bits per heavy atom. The Hall–Kier alpha value is -2.11. The van der Waals surface area contributed by atoms with Crippen molar-refractivity contribution in [2.75, 3.05) is 20.2 Å². The van der Waals surface area contributed by atoms with Gasteiger partial charge in [-0.15, -0.1) is 0 Å². The van der Waals surface area contributed by atoms with Crippen molar-refractivity contribution in [3.63, 3.8) is 0 Å². The summed E-state index contributed by atoms with van der Waals surface area (Å²) in [6.45, 7) is 6.93. The van der Waals surface area contributed by atoms with Gasteiger partial charge in [-0.1, -0.05) is 12.1 Å². The van der Waals surface area contributed by atoms with E-state index in [1.54, 1.807) is 7.11 Å². The zero-order valence-corrected chi connectivity index (χ0v) is 16.4. The van der Waals surface area contributed by atoms with Crippen LogP contribution in [0.2, 0.25) is 0 Å². The predicted molar refractivity (Wildman–Crippen MR) is 104 cm³/mol. The number of methoxy groups -OCH3 is 1. The van der Waals surface area contributed by atoms with Crippen molar-refractivity contribution in [2.45, 2.75) is 45.9 Å². The molecule has 0 spiro atoms. The fourth-order valence-corrected chi connectivity index (χ4v) is 3.59. The van der Waals surface area contributed by atoms with E-state index in [0.717, 1.165) is 55.3 Å². The molecular formula is C22H29NO4. The van der Waals surface area contributed by atoms with E-state index in [1.807, 2.05) is 50.2 Å². The maximum absolute atomic E-state index is 13.0. The summed E-state index contributed by atoms with van der Waals surface area (Å²) in [5.74, 6) is 2.72. The number of ketones is 1. The van der Waals surface area contributed by atoms with Crippen LogP contribution in [0.3, 0.4) is 0 Å². The van der Waals surface area contributed by atoms with Gasteiger partial charge in [0.05, 0.1) is 12.6 Å². The molecule has 0 amide bonds. The van der Waals surface area contributed by atoms with Crippen LogP contribution in [0.4, 0.5) is 0 Å². The first-order chi connectivity index (χ1) is 13.0. The summed E-state index contributed by atoms with van der Waals surface area (Å²) in [6.07, 6.45) is 2.04. The van der Waals surface area contributed by atoms with Crippen molar-refractivity contribution in [3.8, 4) is 5.75 Å². The summed E-state index contributed by atoms with van der Waals surface area (Å²) in [6, 6.07) is 11.5. The van der Waals surface area contributed by atoms with Crippen molar-refractivity contribution >= 4 is 5.78 Å². The summed E-state index contributed by atoms with van der Waals surface area (Å²) in [4.78, 5) is 15.3. The van der Waals surface area contributed by atoms with Crippen LogP contribution in [0.15, 0.2) is 40.8 Å². The summed E-state index contributed by atoms with van der Waals surface area (Å²) in [7, 11) is 1.66. The third-order valence-electron chi connectivity index (χ3n) is 4.75. The van der Waals surface area contributed by atoms with Gasteiger partial charge in [0.2, 0.25) is 0 Å². The highest BCUT2D eigenvalue weighted by molar-refractivity contribution is 5.98. The fraction of sp³-hybridized carbons (Fsp3) is 0.500. The molecule has 0 saturated carbocycles. The monoisotopic (exact) mass is 371 g/mol. The minimum Gasteiger partial charge on any atom is -0.491 e. The van der Waals surface area contributed by atoms with Gasteiger partial charge in [0, 0.05) is 25.1 Å². The van der Waals surface area contributed by atoms with Crippen LogP contribution in [0.25, 0.3) is 0 Å². The van der Waals surface area contributed by atoms with Gasteiger partial charge in [-0.25, -0.2) is 0 Å². The number of carbonyl (C=O) groups is 1. The van der Waals surface area contributed by atoms with Crippen LogP contribution in [-0.4, -0.2) is 37.0 Å². The maximum atomic E-state index is 13.0. The third-order valence-corrected chi connectivity index (χ3v) is 4.75. The molecule has 1 aromatic carbocycles. The highest BCUT2D eigenvalue weighted by Gasteiger charge is 2.27. The van der Waals surface area contributed by atoms with Gasteiger partial charge < -0.3 is 13.9 Å². The van der Waals surface area contributed by atoms with E-state index in [2.05, 4.69) is 4.90 Å². The first-order valence-corrected chi connectivity index (χ1v) is 9.65. The van der Waals surface area contributed by atoms with Crippen LogP contribution in [0, 0.1) is 5.92 Å². The normalized spacial score (nSPS) is 18.0. The van der Waals surface area contributed by atoms with Gasteiger partial charge in [0.15, 0.2) is 5.78 Å². The Bertz CT molecular complexity index is 752. The Morgan fingerprint density at radius 1 is 1.26 bits per heavy atom. The number of nitrogens with zero attached hydrogens (tertiary/aromatic N) is 1. The molecule has 0 bridgehead atoms. The van der Waals surface area contributed by atoms with Gasteiger partial charge in [-0.05, 0) is 57.5 Å². The molecule has 0 radical (unpaired) electrons. The van der Waals surface area contributed by atoms with Gasteiger partial charge in [0.1, 0.15) is 23.9 Å². The van der Waals surface area contributed by atoms with Crippen molar-refractivity contribution in [3.05, 3.63) is 53.5 Å². The highest BCUT2D eigenvalue weighted by Crippen LogP contribution is 2.25. The summed E-state index contributed by atoms with van der Waals surface area (Å²) < 4.78 is 16.6. The van der Waals surface area contributed by atoms with E-state index >= 15 is 0 Å². The van der Waals surface area contributed by atoms with Crippen LogP contribution in [0.5, 0.6) is 5.75 Å². The van der Waals surface area contributed by atoms with Crippen molar-refractivity contribution < 1.29 is 18.7 Å². The van der Waals surface area contributed by atoms with E-state index in [-0.39, 0.29) is 17.8 Å². The molecule has 1 aliphatic rings. The molecule has 1 fully saturated rings. The summed E-state index contributed by atoms with van der Waals surface area (Å²) in [5, 5.41) is 0. The molecule has 3 rings (SSSR count). The number of likely N-dealkylation sites (tertiary alicyclic amines) is 1. The Balaban J connectivity index is 1.62. The van der Waals surface area contributed by atoms with E-state index in [9.17, 15) is 4.79 Å². The lowest BCUT2D eigenvalue weighted by Gasteiger charge is -2.31. The molecule has 1 aromatic heterocycles. The Labute approximate surface area is 161 Å². The number of benzene rings is 1. The molecule has 5 heteroatoms. The average Bonchev–Trinajstić information content (AvgIpc) is 3.08. The lowest BCUT2D eigenvalue weighted by molar-refractivity contribution is 0.0799. The van der Waals surface area contributed by atoms with Crippen LogP contribution in [-0.2, 0) is 17.9 Å². The second-order valence-electron chi connectivity index (χ2n) is 7.43. The van der Waals surface area contributed by atoms with E-state index in [1.165, 1.54) is 0 Å². The number of ether oxygens (including phenoxy) is 2. The number of hydrogen-bond acceptors (Lipinski definition) is 5. The second kappa shape index (κ2) is 9.20. The second-order valence-corrected chi connectivity index (χ2v) is 7.43. The minimum atomic E-state index is 0.0152. The number of piperidine rings is 1. The van der Waals surface area contributed by atoms with E-state index in [0.29, 0.717) is 6.61 Å². The molecule has 0 N–H and O–H groups in total. The van der Waals surface area contributed by atoms with Gasteiger partial charge >= 0.3 is 0 Å². The highest BCUT2D eigenvalue weighted by atomic mass is 16.5. The average molecular weight is 371 g/mol. The Morgan fingerprint density at radius 3 is 2.85 bits per heavy atom. The maximum Gasteiger partial charge on any atom is 0.167 e. The largest absolute Gasteiger partial charge is 0.491 e. The molecular weight excluding hydrogens is 342 g/mol. The summed E-state index contributed by atoms with van der Waals surface area (Å²) in [5.41, 5.74) is 0.736. The van der Waals surface area contributed by atoms with Gasteiger partial charge in [-0.3, -0.25) is 9.69 Å². The number of furan rings is 1. The van der Waals surface area contributed by atoms with Gasteiger partial charge in [-0.2, -0.15) is 0 Å². The minimum absolute atomic E-state index is 0.0152. The van der Waals surface area contributed by atoms with E-state index < -0.39 is 0 Å². The lowest BCUT2D eigenvalue weighted by Crippen LogP contribution is -2.38. The van der Waals surface area contributed by atoms with Crippen LogP contribution in [0.1, 0.15) is 48.6 Å². The van der Waals surface area contributed by atoms with Crippen LogP contribution < -0.4 is 4.74 Å². The quantitative estimate of drug-likeness (QED) is 0.647. The van der Waals surface area contributed by atoms with Crippen molar-refractivity contribution in [1.29, 1.82) is 0 Å². The predicted octanol–water partition coefficient (Wildman–Crippen LogP) is 4.31. The Kier molecular flexibility index (Phi) is 6.69. The number of hydrogen-bond donors (Lipinski definition) is 0.